The molecule has 0 heterocycles. The molecule has 4 aromatic carbocycles. The topological polar surface area (TPSA) is 114 Å². The number of halogens is 1. The van der Waals surface area contributed by atoms with Crippen LogP contribution >= 0.6 is 0 Å². The van der Waals surface area contributed by atoms with Crippen molar-refractivity contribution in [3.05, 3.63) is 90.2 Å². The molecule has 0 aromatic heterocycles. The zero-order valence-electron chi connectivity index (χ0n) is 22.6. The quantitative estimate of drug-likeness (QED) is 0.207. The Bertz CT molecular complexity index is 1770. The Kier molecular flexibility index (Phi) is 8.74. The summed E-state index contributed by atoms with van der Waals surface area (Å²) in [7, 11) is -5.45. The summed E-state index contributed by atoms with van der Waals surface area (Å²) in [5.41, 5.74) is 1.88. The molecule has 4 rings (SSSR count). The van der Waals surface area contributed by atoms with E-state index in [1.54, 1.807) is 12.1 Å². The molecule has 12 heteroatoms. The second kappa shape index (κ2) is 12.1. The van der Waals surface area contributed by atoms with Crippen molar-refractivity contribution in [2.45, 2.75) is 6.61 Å². The molecule has 0 saturated carbocycles. The van der Waals surface area contributed by atoms with Crippen molar-refractivity contribution in [3.63, 3.8) is 0 Å². The molecule has 0 saturated heterocycles. The monoisotopic (exact) mass is 602 g/mol. The molecule has 0 spiro atoms. The fourth-order valence-electron chi connectivity index (χ4n) is 4.10. The third-order valence-corrected chi connectivity index (χ3v) is 6.66. The highest BCUT2D eigenvalue weighted by molar-refractivity contribution is 7.86. The van der Waals surface area contributed by atoms with Crippen LogP contribution in [0, 0.1) is 5.82 Å². The van der Waals surface area contributed by atoms with E-state index in [1.807, 2.05) is 30.3 Å². The molecule has 0 N–H and O–H groups in total. The Morgan fingerprint density at radius 2 is 1.37 bits per heavy atom. The fraction of sp³-hybridized carbons (Fsp3) is 0.172. The third kappa shape index (κ3) is 7.47. The van der Waals surface area contributed by atoms with Crippen LogP contribution in [-0.2, 0) is 26.8 Å². The molecule has 0 unspecified atom stereocenters. The first-order valence-corrected chi connectivity index (χ1v) is 15.7. The Morgan fingerprint density at radius 3 is 1.98 bits per heavy atom. The highest BCUT2D eigenvalue weighted by atomic mass is 32.2. The molecule has 0 aliphatic heterocycles. The minimum Gasteiger partial charge on any atom is -0.496 e. The summed E-state index contributed by atoms with van der Waals surface area (Å²) in [5.74, 6) is -0.695. The van der Waals surface area contributed by atoms with Gasteiger partial charge in [-0.25, -0.2) is 4.39 Å². The van der Waals surface area contributed by atoms with Gasteiger partial charge in [0.15, 0.2) is 23.0 Å². The second-order valence-corrected chi connectivity index (χ2v) is 12.0. The highest BCUT2D eigenvalue weighted by Crippen LogP contribution is 2.51. The van der Waals surface area contributed by atoms with Gasteiger partial charge < -0.3 is 22.6 Å². The van der Waals surface area contributed by atoms with E-state index in [0.29, 0.717) is 11.1 Å². The van der Waals surface area contributed by atoms with E-state index < -0.39 is 26.1 Å². The van der Waals surface area contributed by atoms with Crippen LogP contribution in [0.1, 0.15) is 5.56 Å². The molecule has 216 valence electrons. The normalized spacial score (nSPS) is 11.5. The summed E-state index contributed by atoms with van der Waals surface area (Å²) in [6.45, 7) is 0.127. The lowest BCUT2D eigenvalue weighted by Gasteiger charge is -2.21. The maximum Gasteiger partial charge on any atom is 0.306 e. The van der Waals surface area contributed by atoms with Crippen LogP contribution in [0.15, 0.2) is 78.9 Å². The molecular formula is C29H27FO9S2. The van der Waals surface area contributed by atoms with E-state index in [4.69, 9.17) is 22.6 Å². The molecular weight excluding hydrogens is 575 g/mol. The van der Waals surface area contributed by atoms with Crippen molar-refractivity contribution < 1.29 is 43.8 Å². The molecule has 0 atom stereocenters. The molecule has 0 bridgehead atoms. The van der Waals surface area contributed by atoms with E-state index in [2.05, 4.69) is 0 Å². The number of hydrogen-bond donors (Lipinski definition) is 0. The first kappa shape index (κ1) is 29.7. The second-order valence-electron chi connectivity index (χ2n) is 8.88. The van der Waals surface area contributed by atoms with Crippen molar-refractivity contribution in [2.24, 2.45) is 0 Å². The maximum atomic E-state index is 14.1. The molecule has 0 fully saturated rings. The number of hydrogen-bond acceptors (Lipinski definition) is 9. The average Bonchev–Trinajstić information content (AvgIpc) is 2.90. The van der Waals surface area contributed by atoms with Gasteiger partial charge in [-0.3, -0.25) is 0 Å². The number of benzene rings is 4. The molecule has 9 nitrogen and oxygen atoms in total. The molecule has 0 amide bonds. The van der Waals surface area contributed by atoms with Crippen LogP contribution in [0.2, 0.25) is 0 Å². The van der Waals surface area contributed by atoms with E-state index in [1.165, 1.54) is 50.6 Å². The summed E-state index contributed by atoms with van der Waals surface area (Å²) >= 11 is 0. The summed E-state index contributed by atoms with van der Waals surface area (Å²) in [6.07, 6.45) is 1.74. The summed E-state index contributed by atoms with van der Waals surface area (Å²) in [6, 6.07) is 20.8. The van der Waals surface area contributed by atoms with Gasteiger partial charge in [0.1, 0.15) is 18.2 Å². The number of methoxy groups -OCH3 is 2. The summed E-state index contributed by atoms with van der Waals surface area (Å²) in [4.78, 5) is 0. The van der Waals surface area contributed by atoms with Gasteiger partial charge in [-0.15, -0.1) is 0 Å². The Morgan fingerprint density at radius 1 is 0.659 bits per heavy atom. The standard InChI is InChI=1S/C29H27FO9S2/c1-35-26-17-23(20-11-8-12-22(30)15-20)28(36-2)29(39-41(4,33)34)27(26)21-13-14-24(25(16-21)38-40(3,31)32)37-18-19-9-6-5-7-10-19/h5-17H,18H2,1-4H3. The third-order valence-electron chi connectivity index (χ3n) is 5.70. The van der Waals surface area contributed by atoms with Crippen molar-refractivity contribution in [2.75, 3.05) is 26.7 Å². The minimum absolute atomic E-state index is 0.0215. The Balaban J connectivity index is 1.94. The van der Waals surface area contributed by atoms with E-state index >= 15 is 0 Å². The zero-order chi connectivity index (χ0) is 29.8. The minimum atomic E-state index is -4.12. The van der Waals surface area contributed by atoms with E-state index in [-0.39, 0.29) is 46.5 Å². The lowest BCUT2D eigenvalue weighted by atomic mass is 9.96. The van der Waals surface area contributed by atoms with Gasteiger partial charge in [-0.1, -0.05) is 48.5 Å². The first-order valence-electron chi connectivity index (χ1n) is 12.0. The largest absolute Gasteiger partial charge is 0.496 e. The van der Waals surface area contributed by atoms with Crippen LogP contribution in [0.25, 0.3) is 22.3 Å². The van der Waals surface area contributed by atoms with Gasteiger partial charge in [0.25, 0.3) is 0 Å². The van der Waals surface area contributed by atoms with Crippen molar-refractivity contribution in [1.82, 2.24) is 0 Å². The van der Waals surface area contributed by atoms with Gasteiger partial charge >= 0.3 is 20.2 Å². The zero-order valence-corrected chi connectivity index (χ0v) is 24.2. The maximum absolute atomic E-state index is 14.1. The van der Waals surface area contributed by atoms with Crippen molar-refractivity contribution in [1.29, 1.82) is 0 Å². The Hall–Kier alpha value is -4.29. The van der Waals surface area contributed by atoms with E-state index in [0.717, 1.165) is 18.1 Å². The summed E-state index contributed by atoms with van der Waals surface area (Å²) < 4.78 is 90.8. The van der Waals surface area contributed by atoms with Crippen LogP contribution < -0.4 is 22.6 Å². The van der Waals surface area contributed by atoms with Crippen LogP contribution in [0.5, 0.6) is 28.7 Å². The number of rotatable bonds is 11. The smallest absolute Gasteiger partial charge is 0.306 e. The van der Waals surface area contributed by atoms with E-state index in [9.17, 15) is 21.2 Å². The molecule has 4 aromatic rings. The highest BCUT2D eigenvalue weighted by Gasteiger charge is 2.27. The van der Waals surface area contributed by atoms with Gasteiger partial charge in [0.2, 0.25) is 0 Å². The molecule has 0 aliphatic carbocycles. The summed E-state index contributed by atoms with van der Waals surface area (Å²) in [5, 5.41) is 0. The SMILES string of the molecule is COc1cc(-c2cccc(F)c2)c(OC)c(OS(C)(=O)=O)c1-c1ccc(OCc2ccccc2)c(OS(C)(=O)=O)c1. The van der Waals surface area contributed by atoms with Crippen LogP contribution in [-0.4, -0.2) is 43.6 Å². The molecule has 0 radical (unpaired) electrons. The lowest BCUT2D eigenvalue weighted by molar-refractivity contribution is 0.296. The van der Waals surface area contributed by atoms with Crippen molar-refractivity contribution >= 4 is 20.2 Å². The predicted molar refractivity (Wildman–Crippen MR) is 152 cm³/mol. The molecule has 41 heavy (non-hydrogen) atoms. The fourth-order valence-corrected chi connectivity index (χ4v) is 5.02. The van der Waals surface area contributed by atoms with Gasteiger partial charge in [-0.05, 0) is 47.0 Å². The molecule has 0 aliphatic rings. The van der Waals surface area contributed by atoms with Gasteiger partial charge in [-0.2, -0.15) is 16.8 Å². The number of ether oxygens (including phenoxy) is 3. The first-order chi connectivity index (χ1) is 19.4. The average molecular weight is 603 g/mol. The predicted octanol–water partition coefficient (Wildman–Crippen LogP) is 5.43. The lowest BCUT2D eigenvalue weighted by Crippen LogP contribution is -2.10. The van der Waals surface area contributed by atoms with Gasteiger partial charge in [0, 0.05) is 5.56 Å². The van der Waals surface area contributed by atoms with Crippen LogP contribution in [0.3, 0.4) is 0 Å². The van der Waals surface area contributed by atoms with Gasteiger partial charge in [0.05, 0.1) is 32.3 Å². The van der Waals surface area contributed by atoms with Crippen molar-refractivity contribution in [3.8, 4) is 51.0 Å². The van der Waals surface area contributed by atoms with Crippen LogP contribution in [0.4, 0.5) is 4.39 Å². The Labute approximate surface area is 238 Å².